The smallest absolute Gasteiger partial charge is 0.246 e. The molecule has 1 aliphatic heterocycles. The fraction of sp³-hybridized carbons (Fsp3) is 0.588. The van der Waals surface area contributed by atoms with Crippen molar-refractivity contribution in [3.63, 3.8) is 0 Å². The van der Waals surface area contributed by atoms with Gasteiger partial charge in [0.1, 0.15) is 16.4 Å². The zero-order valence-corrected chi connectivity index (χ0v) is 16.2. The van der Waals surface area contributed by atoms with Gasteiger partial charge in [0.2, 0.25) is 15.9 Å². The summed E-state index contributed by atoms with van der Waals surface area (Å²) in [6, 6.07) is 4.64. The molecule has 0 spiro atoms. The quantitative estimate of drug-likeness (QED) is 0.666. The van der Waals surface area contributed by atoms with Crippen LogP contribution in [0, 0.1) is 5.92 Å². The van der Waals surface area contributed by atoms with Crippen molar-refractivity contribution in [2.24, 2.45) is 5.92 Å². The van der Waals surface area contributed by atoms with Gasteiger partial charge < -0.3 is 19.5 Å². The zero-order valence-electron chi connectivity index (χ0n) is 15.4. The maximum absolute atomic E-state index is 13.1. The van der Waals surface area contributed by atoms with Gasteiger partial charge in [-0.05, 0) is 25.0 Å². The van der Waals surface area contributed by atoms with Crippen LogP contribution in [0.2, 0.25) is 0 Å². The number of sulfonamides is 1. The average Bonchev–Trinajstić information content (AvgIpc) is 2.67. The van der Waals surface area contributed by atoms with E-state index < -0.39 is 10.0 Å². The number of nitrogens with zero attached hydrogens (tertiary/aromatic N) is 1. The minimum absolute atomic E-state index is 0.0415. The van der Waals surface area contributed by atoms with E-state index in [4.69, 9.17) is 14.2 Å². The third kappa shape index (κ3) is 4.66. The molecule has 0 radical (unpaired) electrons. The number of benzene rings is 1. The van der Waals surface area contributed by atoms with Crippen LogP contribution in [0.4, 0.5) is 0 Å². The van der Waals surface area contributed by atoms with Gasteiger partial charge in [0.15, 0.2) is 0 Å². The molecule has 0 aliphatic carbocycles. The summed E-state index contributed by atoms with van der Waals surface area (Å²) in [5, 5.41) is 2.78. The summed E-state index contributed by atoms with van der Waals surface area (Å²) in [5.74, 6) is 0.138. The molecule has 146 valence electrons. The number of nitrogens with one attached hydrogen (secondary N) is 1. The molecule has 1 amide bonds. The molecule has 1 atom stereocenters. The van der Waals surface area contributed by atoms with Crippen molar-refractivity contribution in [1.82, 2.24) is 9.62 Å². The zero-order chi connectivity index (χ0) is 19.2. The first kappa shape index (κ1) is 20.5. The van der Waals surface area contributed by atoms with Crippen molar-refractivity contribution in [2.75, 3.05) is 47.6 Å². The highest BCUT2D eigenvalue weighted by Crippen LogP contribution is 2.32. The Hall–Kier alpha value is -1.84. The van der Waals surface area contributed by atoms with Crippen LogP contribution < -0.4 is 14.8 Å². The maximum Gasteiger partial charge on any atom is 0.246 e. The van der Waals surface area contributed by atoms with Gasteiger partial charge in [-0.2, -0.15) is 4.31 Å². The van der Waals surface area contributed by atoms with E-state index >= 15 is 0 Å². The Labute approximate surface area is 154 Å². The second kappa shape index (κ2) is 9.20. The molecule has 0 unspecified atom stereocenters. The van der Waals surface area contributed by atoms with Crippen molar-refractivity contribution in [3.05, 3.63) is 18.2 Å². The van der Waals surface area contributed by atoms with E-state index in [-0.39, 0.29) is 29.0 Å². The molecule has 0 aromatic heterocycles. The predicted molar refractivity (Wildman–Crippen MR) is 95.9 cm³/mol. The Morgan fingerprint density at radius 2 is 2.04 bits per heavy atom. The summed E-state index contributed by atoms with van der Waals surface area (Å²) >= 11 is 0. The molecule has 9 heteroatoms. The Kier molecular flexibility index (Phi) is 7.24. The van der Waals surface area contributed by atoms with Gasteiger partial charge in [-0.1, -0.05) is 0 Å². The maximum atomic E-state index is 13.1. The number of hydrogen-bond donors (Lipinski definition) is 1. The second-order valence-corrected chi connectivity index (χ2v) is 7.91. The van der Waals surface area contributed by atoms with Crippen molar-refractivity contribution in [2.45, 2.75) is 17.7 Å². The predicted octanol–water partition coefficient (Wildman–Crippen LogP) is 0.867. The third-order valence-electron chi connectivity index (χ3n) is 4.35. The van der Waals surface area contributed by atoms with E-state index in [0.717, 1.165) is 0 Å². The molecule has 1 N–H and O–H groups in total. The molecular formula is C17H26N2O6S. The Balaban J connectivity index is 2.19. The first-order valence-electron chi connectivity index (χ1n) is 8.43. The average molecular weight is 386 g/mol. The van der Waals surface area contributed by atoms with Crippen LogP contribution in [0.1, 0.15) is 12.8 Å². The highest BCUT2D eigenvalue weighted by atomic mass is 32.2. The van der Waals surface area contributed by atoms with Crippen LogP contribution in [0.15, 0.2) is 23.1 Å². The molecule has 2 rings (SSSR count). The van der Waals surface area contributed by atoms with Crippen LogP contribution in [0.25, 0.3) is 0 Å². The number of carbonyl (C=O) groups is 1. The SMILES string of the molecule is COCCNC(=O)[C@@H]1CCCN(S(=O)(=O)c2cc(OC)ccc2OC)C1. The monoisotopic (exact) mass is 386 g/mol. The highest BCUT2D eigenvalue weighted by molar-refractivity contribution is 7.89. The minimum atomic E-state index is -3.81. The molecule has 0 bridgehead atoms. The molecule has 1 heterocycles. The lowest BCUT2D eigenvalue weighted by Gasteiger charge is -2.31. The van der Waals surface area contributed by atoms with Crippen molar-refractivity contribution >= 4 is 15.9 Å². The Morgan fingerprint density at radius 1 is 1.27 bits per heavy atom. The molecule has 0 saturated carbocycles. The molecule has 1 aromatic rings. The molecule has 8 nitrogen and oxygen atoms in total. The van der Waals surface area contributed by atoms with Crippen LogP contribution in [-0.4, -0.2) is 66.2 Å². The lowest BCUT2D eigenvalue weighted by molar-refractivity contribution is -0.126. The number of methoxy groups -OCH3 is 3. The number of carbonyl (C=O) groups excluding carboxylic acids is 1. The molecule has 1 aliphatic rings. The fourth-order valence-corrected chi connectivity index (χ4v) is 4.61. The van der Waals surface area contributed by atoms with Crippen molar-refractivity contribution in [1.29, 1.82) is 0 Å². The van der Waals surface area contributed by atoms with Crippen LogP contribution in [-0.2, 0) is 19.6 Å². The van der Waals surface area contributed by atoms with Gasteiger partial charge in [0.05, 0.1) is 26.7 Å². The molecular weight excluding hydrogens is 360 g/mol. The largest absolute Gasteiger partial charge is 0.497 e. The number of rotatable bonds is 8. The summed E-state index contributed by atoms with van der Waals surface area (Å²) in [6.07, 6.45) is 1.27. The van der Waals surface area contributed by atoms with E-state index in [1.54, 1.807) is 19.2 Å². The minimum Gasteiger partial charge on any atom is -0.497 e. The summed E-state index contributed by atoms with van der Waals surface area (Å²) in [7, 11) is 0.644. The molecule has 26 heavy (non-hydrogen) atoms. The van der Waals surface area contributed by atoms with E-state index in [9.17, 15) is 13.2 Å². The number of hydrogen-bond acceptors (Lipinski definition) is 6. The van der Waals surface area contributed by atoms with Gasteiger partial charge in [-0.25, -0.2) is 8.42 Å². The van der Waals surface area contributed by atoms with E-state index in [2.05, 4.69) is 5.32 Å². The van der Waals surface area contributed by atoms with Crippen LogP contribution >= 0.6 is 0 Å². The fourth-order valence-electron chi connectivity index (χ4n) is 2.92. The van der Waals surface area contributed by atoms with Gasteiger partial charge >= 0.3 is 0 Å². The lowest BCUT2D eigenvalue weighted by Crippen LogP contribution is -2.45. The summed E-state index contributed by atoms with van der Waals surface area (Å²) in [6.45, 7) is 1.33. The van der Waals surface area contributed by atoms with Crippen molar-refractivity contribution < 1.29 is 27.4 Å². The summed E-state index contributed by atoms with van der Waals surface area (Å²) in [4.78, 5) is 12.3. The summed E-state index contributed by atoms with van der Waals surface area (Å²) < 4.78 is 42.8. The highest BCUT2D eigenvalue weighted by Gasteiger charge is 2.35. The van der Waals surface area contributed by atoms with E-state index in [0.29, 0.717) is 38.3 Å². The molecule has 1 fully saturated rings. The molecule has 1 aromatic carbocycles. The number of amides is 1. The second-order valence-electron chi connectivity index (χ2n) is 6.00. The Bertz CT molecular complexity index is 722. The number of piperidine rings is 1. The van der Waals surface area contributed by atoms with Gasteiger partial charge in [-0.3, -0.25) is 4.79 Å². The Morgan fingerprint density at radius 3 is 2.69 bits per heavy atom. The first-order chi connectivity index (χ1) is 12.4. The van der Waals surface area contributed by atoms with Crippen molar-refractivity contribution in [3.8, 4) is 11.5 Å². The number of ether oxygens (including phenoxy) is 3. The van der Waals surface area contributed by atoms with Crippen LogP contribution in [0.5, 0.6) is 11.5 Å². The summed E-state index contributed by atoms with van der Waals surface area (Å²) in [5.41, 5.74) is 0. The van der Waals surface area contributed by atoms with E-state index in [1.165, 1.54) is 24.6 Å². The normalized spacial score (nSPS) is 18.3. The standard InChI is InChI=1S/C17H26N2O6S/c1-23-10-8-18-17(20)13-5-4-9-19(12-13)26(21,22)16-11-14(24-2)6-7-15(16)25-3/h6-7,11,13H,4-5,8-10,12H2,1-3H3,(H,18,20)/t13-/m1/s1. The van der Waals surface area contributed by atoms with Gasteiger partial charge in [0, 0.05) is 32.8 Å². The van der Waals surface area contributed by atoms with Gasteiger partial charge in [-0.15, -0.1) is 0 Å². The topological polar surface area (TPSA) is 94.2 Å². The van der Waals surface area contributed by atoms with Crippen LogP contribution in [0.3, 0.4) is 0 Å². The van der Waals surface area contributed by atoms with E-state index in [1.807, 2.05) is 0 Å². The molecule has 1 saturated heterocycles. The first-order valence-corrected chi connectivity index (χ1v) is 9.87. The lowest BCUT2D eigenvalue weighted by atomic mass is 9.99. The van der Waals surface area contributed by atoms with Gasteiger partial charge in [0.25, 0.3) is 0 Å². The third-order valence-corrected chi connectivity index (χ3v) is 6.24.